The van der Waals surface area contributed by atoms with Gasteiger partial charge in [0.1, 0.15) is 0 Å². The van der Waals surface area contributed by atoms with Crippen molar-refractivity contribution in [3.63, 3.8) is 0 Å². The Morgan fingerprint density at radius 2 is 1.47 bits per heavy atom. The maximum atomic E-state index is 12.7. The van der Waals surface area contributed by atoms with Gasteiger partial charge in [-0.1, -0.05) is 45.0 Å². The van der Waals surface area contributed by atoms with Crippen LogP contribution in [-0.4, -0.2) is 37.6 Å². The number of carbonyl (C=O) groups is 2. The molecule has 3 rings (SSSR count). The summed E-state index contributed by atoms with van der Waals surface area (Å²) in [6.07, 6.45) is 0.772. The molecule has 1 heterocycles. The van der Waals surface area contributed by atoms with Crippen LogP contribution in [0.4, 0.5) is 11.4 Å². The highest BCUT2D eigenvalue weighted by Crippen LogP contribution is 2.26. The second-order valence-corrected chi connectivity index (χ2v) is 10.6. The van der Waals surface area contributed by atoms with Crippen LogP contribution in [0.2, 0.25) is 0 Å². The molecule has 0 spiro atoms. The van der Waals surface area contributed by atoms with Crippen molar-refractivity contribution in [2.45, 2.75) is 39.0 Å². The van der Waals surface area contributed by atoms with Crippen molar-refractivity contribution in [1.29, 1.82) is 0 Å². The first kappa shape index (κ1) is 23.9. The largest absolute Gasteiger partial charge is 0.324 e. The van der Waals surface area contributed by atoms with Crippen molar-refractivity contribution < 1.29 is 18.0 Å². The molecule has 32 heavy (non-hydrogen) atoms. The smallest absolute Gasteiger partial charge is 0.276 e. The normalized spacial score (nSPS) is 15.9. The number of carbonyl (C=O) groups excluding carboxylic acids is 2. The molecule has 0 saturated carbocycles. The molecule has 8 nitrogen and oxygen atoms in total. The first-order valence-corrected chi connectivity index (χ1v) is 12.0. The summed E-state index contributed by atoms with van der Waals surface area (Å²) in [6.45, 7) is 6.75. The number of amides is 2. The number of hydrogen-bond donors (Lipinski definition) is 3. The number of nitrogens with one attached hydrogen (secondary N) is 2. The van der Waals surface area contributed by atoms with Crippen LogP contribution in [0.5, 0.6) is 0 Å². The Morgan fingerprint density at radius 1 is 0.938 bits per heavy atom. The minimum atomic E-state index is -3.74. The number of benzene rings is 2. The number of hydrogen-bond acceptors (Lipinski definition) is 4. The lowest BCUT2D eigenvalue weighted by Crippen LogP contribution is -2.44. The lowest BCUT2D eigenvalue weighted by Gasteiger charge is -2.29. The van der Waals surface area contributed by atoms with Gasteiger partial charge in [0.05, 0.1) is 11.4 Å². The van der Waals surface area contributed by atoms with E-state index < -0.39 is 10.2 Å². The third-order valence-electron chi connectivity index (χ3n) is 5.63. The van der Waals surface area contributed by atoms with Crippen molar-refractivity contribution in [2.75, 3.05) is 23.7 Å². The van der Waals surface area contributed by atoms with Crippen LogP contribution in [0.15, 0.2) is 48.5 Å². The summed E-state index contributed by atoms with van der Waals surface area (Å²) in [5.74, 6) is -0.814. The molecule has 0 atom stereocenters. The van der Waals surface area contributed by atoms with E-state index >= 15 is 0 Å². The number of anilines is 2. The number of para-hydroxylation sites is 2. The quantitative estimate of drug-likeness (QED) is 0.637. The topological polar surface area (TPSA) is 122 Å². The van der Waals surface area contributed by atoms with E-state index in [0.29, 0.717) is 29.8 Å². The highest BCUT2D eigenvalue weighted by molar-refractivity contribution is 7.86. The fourth-order valence-electron chi connectivity index (χ4n) is 3.62. The summed E-state index contributed by atoms with van der Waals surface area (Å²) in [5.41, 5.74) is 2.64. The van der Waals surface area contributed by atoms with Crippen LogP contribution in [0.25, 0.3) is 0 Å². The third-order valence-corrected chi connectivity index (χ3v) is 6.72. The number of nitrogens with zero attached hydrogens (tertiary/aromatic N) is 1. The predicted octanol–water partition coefficient (Wildman–Crippen LogP) is 3.09. The zero-order chi connectivity index (χ0) is 23.5. The summed E-state index contributed by atoms with van der Waals surface area (Å²) >= 11 is 0. The fourth-order valence-corrected chi connectivity index (χ4v) is 4.34. The van der Waals surface area contributed by atoms with Gasteiger partial charge in [-0.2, -0.15) is 12.7 Å². The molecular formula is C23H30N4O4S. The molecule has 1 aliphatic rings. The second kappa shape index (κ2) is 9.40. The molecule has 0 unspecified atom stereocenters. The van der Waals surface area contributed by atoms with Crippen molar-refractivity contribution in [1.82, 2.24) is 4.31 Å². The Morgan fingerprint density at radius 3 is 1.97 bits per heavy atom. The average molecular weight is 459 g/mol. The van der Waals surface area contributed by atoms with Crippen LogP contribution < -0.4 is 15.8 Å². The van der Waals surface area contributed by atoms with Gasteiger partial charge >= 0.3 is 0 Å². The minimum Gasteiger partial charge on any atom is -0.324 e. The number of rotatable bonds is 5. The summed E-state index contributed by atoms with van der Waals surface area (Å²) in [6, 6.07) is 14.4. The maximum absolute atomic E-state index is 12.7. The third kappa shape index (κ3) is 5.93. The van der Waals surface area contributed by atoms with E-state index in [1.165, 1.54) is 4.31 Å². The van der Waals surface area contributed by atoms with E-state index in [1.54, 1.807) is 36.4 Å². The van der Waals surface area contributed by atoms with Crippen molar-refractivity contribution in [3.05, 3.63) is 59.7 Å². The van der Waals surface area contributed by atoms with Crippen LogP contribution in [0.1, 0.15) is 49.5 Å². The molecule has 2 amide bonds. The Bertz CT molecular complexity index is 1080. The number of nitrogens with two attached hydrogens (primary N) is 1. The van der Waals surface area contributed by atoms with Gasteiger partial charge in [0.25, 0.3) is 16.1 Å². The monoisotopic (exact) mass is 458 g/mol. The van der Waals surface area contributed by atoms with Gasteiger partial charge in [-0.25, -0.2) is 5.14 Å². The van der Waals surface area contributed by atoms with Gasteiger partial charge in [-0.05, 0) is 48.1 Å². The molecule has 1 fully saturated rings. The Hall–Kier alpha value is -2.75. The highest BCUT2D eigenvalue weighted by atomic mass is 32.2. The van der Waals surface area contributed by atoms with E-state index in [0.717, 1.165) is 5.56 Å². The molecule has 2 aromatic rings. The van der Waals surface area contributed by atoms with Gasteiger partial charge in [-0.3, -0.25) is 9.59 Å². The van der Waals surface area contributed by atoms with Gasteiger partial charge < -0.3 is 10.6 Å². The summed E-state index contributed by atoms with van der Waals surface area (Å²) in [7, 11) is -3.74. The predicted molar refractivity (Wildman–Crippen MR) is 126 cm³/mol. The Kier molecular flexibility index (Phi) is 7.02. The zero-order valence-electron chi connectivity index (χ0n) is 18.6. The lowest BCUT2D eigenvalue weighted by molar-refractivity contribution is -0.120. The highest BCUT2D eigenvalue weighted by Gasteiger charge is 2.29. The Labute approximate surface area is 189 Å². The SMILES string of the molecule is CC(C)(C)c1ccc(C(=O)Nc2ccccc2NC(=O)C2CCN(S(N)(=O)=O)CC2)cc1. The lowest BCUT2D eigenvalue weighted by atomic mass is 9.87. The van der Waals surface area contributed by atoms with Gasteiger partial charge in [-0.15, -0.1) is 0 Å². The molecule has 2 aromatic carbocycles. The second-order valence-electron chi connectivity index (χ2n) is 9.03. The molecular weight excluding hydrogens is 428 g/mol. The molecule has 0 radical (unpaired) electrons. The summed E-state index contributed by atoms with van der Waals surface area (Å²) in [4.78, 5) is 25.5. The van der Waals surface area contributed by atoms with E-state index in [2.05, 4.69) is 31.4 Å². The molecule has 0 aliphatic carbocycles. The standard InChI is InChI=1S/C23H30N4O4S/c1-23(2,3)18-10-8-16(9-11-18)21(28)25-19-6-4-5-7-20(19)26-22(29)17-12-14-27(15-13-17)32(24,30)31/h4-11,17H,12-15H2,1-3H3,(H,25,28)(H,26,29)(H2,24,30,31). The molecule has 1 saturated heterocycles. The molecule has 172 valence electrons. The van der Waals surface area contributed by atoms with Crippen molar-refractivity contribution in [2.24, 2.45) is 11.1 Å². The van der Waals surface area contributed by atoms with E-state index in [-0.39, 0.29) is 36.2 Å². The van der Waals surface area contributed by atoms with Crippen molar-refractivity contribution >= 4 is 33.4 Å². The number of piperidine rings is 1. The zero-order valence-corrected chi connectivity index (χ0v) is 19.4. The summed E-state index contributed by atoms with van der Waals surface area (Å²) in [5, 5.41) is 10.9. The van der Waals surface area contributed by atoms with Gasteiger partial charge in [0, 0.05) is 24.6 Å². The van der Waals surface area contributed by atoms with Crippen molar-refractivity contribution in [3.8, 4) is 0 Å². The van der Waals surface area contributed by atoms with E-state index in [9.17, 15) is 18.0 Å². The average Bonchev–Trinajstić information content (AvgIpc) is 2.74. The first-order valence-electron chi connectivity index (χ1n) is 10.5. The maximum Gasteiger partial charge on any atom is 0.276 e. The molecule has 0 bridgehead atoms. The van der Waals surface area contributed by atoms with Crippen LogP contribution >= 0.6 is 0 Å². The molecule has 0 aromatic heterocycles. The fraction of sp³-hybridized carbons (Fsp3) is 0.391. The van der Waals surface area contributed by atoms with Gasteiger partial charge in [0.2, 0.25) is 5.91 Å². The molecule has 4 N–H and O–H groups in total. The Balaban J connectivity index is 1.66. The molecule has 9 heteroatoms. The van der Waals surface area contributed by atoms with Crippen LogP contribution in [-0.2, 0) is 20.4 Å². The molecule has 1 aliphatic heterocycles. The van der Waals surface area contributed by atoms with Crippen LogP contribution in [0, 0.1) is 5.92 Å². The van der Waals surface area contributed by atoms with E-state index in [1.807, 2.05) is 12.1 Å². The minimum absolute atomic E-state index is 0.00359. The van der Waals surface area contributed by atoms with Crippen LogP contribution in [0.3, 0.4) is 0 Å². The van der Waals surface area contributed by atoms with E-state index in [4.69, 9.17) is 5.14 Å². The van der Waals surface area contributed by atoms with Gasteiger partial charge in [0.15, 0.2) is 0 Å². The summed E-state index contributed by atoms with van der Waals surface area (Å²) < 4.78 is 24.1. The first-order chi connectivity index (χ1) is 14.9.